The van der Waals surface area contributed by atoms with Gasteiger partial charge in [0.1, 0.15) is 5.69 Å². The molecule has 4 rings (SSSR count). The van der Waals surface area contributed by atoms with E-state index in [4.69, 9.17) is 0 Å². The summed E-state index contributed by atoms with van der Waals surface area (Å²) in [5, 5.41) is 14.0. The van der Waals surface area contributed by atoms with E-state index in [2.05, 4.69) is 28.9 Å². The number of thiazole rings is 1. The van der Waals surface area contributed by atoms with E-state index in [0.717, 1.165) is 17.8 Å². The number of benzene rings is 2. The van der Waals surface area contributed by atoms with Gasteiger partial charge in [0.15, 0.2) is 5.01 Å². The molecule has 0 aliphatic carbocycles. The zero-order valence-electron chi connectivity index (χ0n) is 24.7. The van der Waals surface area contributed by atoms with Crippen molar-refractivity contribution >= 4 is 43.9 Å². The normalized spacial score (nSPS) is 18.5. The van der Waals surface area contributed by atoms with Gasteiger partial charge in [-0.1, -0.05) is 44.2 Å². The van der Waals surface area contributed by atoms with Gasteiger partial charge >= 0.3 is 0 Å². The Kier molecular flexibility index (Phi) is 8.67. The van der Waals surface area contributed by atoms with Crippen molar-refractivity contribution in [2.45, 2.75) is 70.9 Å². The Bertz CT molecular complexity index is 1560. The molecule has 2 atom stereocenters. The van der Waals surface area contributed by atoms with Crippen LogP contribution in [0.1, 0.15) is 75.2 Å². The number of amides is 2. The molecule has 2 aromatic carbocycles. The van der Waals surface area contributed by atoms with Gasteiger partial charge in [-0.15, -0.1) is 11.3 Å². The first-order valence-electron chi connectivity index (χ1n) is 13.8. The number of likely N-dealkylation sites (tertiary alicyclic amines) is 1. The zero-order valence-corrected chi connectivity index (χ0v) is 26.4. The minimum absolute atomic E-state index is 0.0153. The summed E-state index contributed by atoms with van der Waals surface area (Å²) in [5.74, 6) is -0.0815. The number of carbonyl (C=O) groups is 2. The molecule has 1 aromatic heterocycles. The van der Waals surface area contributed by atoms with Crippen molar-refractivity contribution in [1.29, 1.82) is 0 Å². The van der Waals surface area contributed by atoms with Gasteiger partial charge in [-0.3, -0.25) is 9.59 Å². The summed E-state index contributed by atoms with van der Waals surface area (Å²) in [6.07, 6.45) is 1.03. The van der Waals surface area contributed by atoms with E-state index in [1.165, 1.54) is 0 Å². The van der Waals surface area contributed by atoms with Gasteiger partial charge in [0.25, 0.3) is 11.8 Å². The monoisotopic (exact) mass is 600 g/mol. The summed E-state index contributed by atoms with van der Waals surface area (Å²) in [6.45, 7) is 14.0. The van der Waals surface area contributed by atoms with E-state index in [-0.39, 0.29) is 28.0 Å². The van der Waals surface area contributed by atoms with Gasteiger partial charge in [0.2, 0.25) is 10.0 Å². The summed E-state index contributed by atoms with van der Waals surface area (Å²) < 4.78 is 29.4. The zero-order chi connectivity index (χ0) is 30.3. The number of nitrogens with zero attached hydrogens (tertiary/aromatic N) is 2. The predicted molar refractivity (Wildman–Crippen MR) is 163 cm³/mol. The Balaban J connectivity index is 1.87. The lowest BCUT2D eigenvalue weighted by molar-refractivity contribution is 0.0618. The van der Waals surface area contributed by atoms with Gasteiger partial charge in [-0.25, -0.2) is 18.1 Å². The molecular weight excluding hydrogens is 560 g/mol. The molecular formula is C30H40N4O5S2. The van der Waals surface area contributed by atoms with Crippen molar-refractivity contribution < 1.29 is 23.1 Å². The number of aliphatic hydroxyl groups is 1. The van der Waals surface area contributed by atoms with Crippen molar-refractivity contribution in [2.24, 2.45) is 11.8 Å². The summed E-state index contributed by atoms with van der Waals surface area (Å²) in [7, 11) is -3.85. The summed E-state index contributed by atoms with van der Waals surface area (Å²) >= 11 is 1.09. The SMILES string of the molecule is CC1CC(C)CN(C(=O)c2nc(C(=O)NCC(C)(C)O)sc2-c2ccc(S(=O)(=O)NC(C)(C)C)c3ccccc23)C1. The number of nitrogens with one attached hydrogen (secondary N) is 2. The average molecular weight is 601 g/mol. The molecule has 0 saturated carbocycles. The fraction of sp³-hybridized carbons (Fsp3) is 0.500. The highest BCUT2D eigenvalue weighted by atomic mass is 32.2. The van der Waals surface area contributed by atoms with E-state index >= 15 is 0 Å². The first kappa shape index (κ1) is 31.1. The van der Waals surface area contributed by atoms with Crippen LogP contribution in [0, 0.1) is 11.8 Å². The van der Waals surface area contributed by atoms with Gasteiger partial charge < -0.3 is 15.3 Å². The molecule has 1 aliphatic heterocycles. The largest absolute Gasteiger partial charge is 0.389 e. The first-order chi connectivity index (χ1) is 18.9. The van der Waals surface area contributed by atoms with E-state index in [0.29, 0.717) is 46.1 Å². The van der Waals surface area contributed by atoms with E-state index in [9.17, 15) is 23.1 Å². The molecule has 1 saturated heterocycles. The second-order valence-corrected chi connectivity index (χ2v) is 15.5. The lowest BCUT2D eigenvalue weighted by atomic mass is 9.91. The molecule has 0 bridgehead atoms. The lowest BCUT2D eigenvalue weighted by Gasteiger charge is -2.34. The second kappa shape index (κ2) is 11.4. The van der Waals surface area contributed by atoms with Crippen LogP contribution >= 0.6 is 11.3 Å². The topological polar surface area (TPSA) is 129 Å². The average Bonchev–Trinajstić information content (AvgIpc) is 3.29. The third-order valence-electron chi connectivity index (χ3n) is 6.72. The molecule has 41 heavy (non-hydrogen) atoms. The van der Waals surface area contributed by atoms with Crippen molar-refractivity contribution in [3.8, 4) is 10.4 Å². The Morgan fingerprint density at radius 2 is 1.63 bits per heavy atom. The molecule has 1 aliphatic rings. The van der Waals surface area contributed by atoms with Crippen LogP contribution in [-0.2, 0) is 10.0 Å². The molecule has 2 unspecified atom stereocenters. The van der Waals surface area contributed by atoms with Gasteiger partial charge in [0.05, 0.1) is 15.4 Å². The van der Waals surface area contributed by atoms with Gasteiger partial charge in [0, 0.05) is 36.1 Å². The molecule has 0 radical (unpaired) electrons. The van der Waals surface area contributed by atoms with Crippen LogP contribution in [-0.4, -0.2) is 66.0 Å². The second-order valence-electron chi connectivity index (χ2n) is 12.9. The van der Waals surface area contributed by atoms with Crippen LogP contribution in [0.5, 0.6) is 0 Å². The highest BCUT2D eigenvalue weighted by molar-refractivity contribution is 7.89. The number of piperidine rings is 1. The smallest absolute Gasteiger partial charge is 0.280 e. The van der Waals surface area contributed by atoms with Gasteiger partial charge in [-0.2, -0.15) is 0 Å². The Morgan fingerprint density at radius 3 is 2.22 bits per heavy atom. The molecule has 1 fully saturated rings. The fourth-order valence-corrected chi connectivity index (χ4v) is 7.90. The van der Waals surface area contributed by atoms with Crippen LogP contribution in [0.15, 0.2) is 41.3 Å². The quantitative estimate of drug-likeness (QED) is 0.362. The van der Waals surface area contributed by atoms with Gasteiger partial charge in [-0.05, 0) is 64.3 Å². The van der Waals surface area contributed by atoms with Crippen molar-refractivity contribution in [2.75, 3.05) is 19.6 Å². The number of rotatable bonds is 7. The van der Waals surface area contributed by atoms with Crippen LogP contribution in [0.2, 0.25) is 0 Å². The summed E-state index contributed by atoms with van der Waals surface area (Å²) in [6, 6.07) is 10.4. The lowest BCUT2D eigenvalue weighted by Crippen LogP contribution is -2.43. The Hall–Kier alpha value is -2.86. The molecule has 9 nitrogen and oxygen atoms in total. The minimum Gasteiger partial charge on any atom is -0.389 e. The maximum absolute atomic E-state index is 13.9. The molecule has 3 N–H and O–H groups in total. The number of hydrogen-bond donors (Lipinski definition) is 3. The van der Waals surface area contributed by atoms with E-state index < -0.39 is 27.1 Å². The number of fused-ring (bicyclic) bond motifs is 1. The number of hydrogen-bond acceptors (Lipinski definition) is 7. The molecule has 2 heterocycles. The Labute approximate surface area is 246 Å². The molecule has 2 amide bonds. The summed E-state index contributed by atoms with van der Waals surface area (Å²) in [5.41, 5.74) is -1.01. The third-order valence-corrected chi connectivity index (χ3v) is 9.62. The van der Waals surface area contributed by atoms with Crippen molar-refractivity contribution in [3.63, 3.8) is 0 Å². The number of carbonyl (C=O) groups excluding carboxylic acids is 2. The van der Waals surface area contributed by atoms with Crippen LogP contribution < -0.4 is 10.0 Å². The number of aromatic nitrogens is 1. The van der Waals surface area contributed by atoms with Crippen LogP contribution in [0.25, 0.3) is 21.2 Å². The van der Waals surface area contributed by atoms with Crippen LogP contribution in [0.3, 0.4) is 0 Å². The van der Waals surface area contributed by atoms with E-state index in [1.807, 2.05) is 12.1 Å². The maximum atomic E-state index is 13.9. The summed E-state index contributed by atoms with van der Waals surface area (Å²) in [4.78, 5) is 34.0. The van der Waals surface area contributed by atoms with E-state index in [1.54, 1.807) is 63.8 Å². The van der Waals surface area contributed by atoms with Crippen LogP contribution in [0.4, 0.5) is 0 Å². The van der Waals surface area contributed by atoms with Crippen molar-refractivity contribution in [1.82, 2.24) is 19.9 Å². The highest BCUT2D eigenvalue weighted by Crippen LogP contribution is 2.39. The molecule has 0 spiro atoms. The highest BCUT2D eigenvalue weighted by Gasteiger charge is 2.32. The standard InChI is InChI=1S/C30H40N4O5S2/c1-18-14-19(2)16-34(15-18)28(36)24-25(40-27(32-24)26(35)31-17-30(6,7)37)22-12-13-23(21-11-9-8-10-20(21)22)41(38,39)33-29(3,4)5/h8-13,18-19,33,37H,14-17H2,1-7H3,(H,31,35). The minimum atomic E-state index is -3.85. The van der Waals surface area contributed by atoms with Crippen molar-refractivity contribution in [3.05, 3.63) is 47.1 Å². The molecule has 222 valence electrons. The third kappa shape index (κ3) is 7.32. The predicted octanol–water partition coefficient (Wildman–Crippen LogP) is 4.66. The molecule has 3 aromatic rings. The molecule has 11 heteroatoms. The fourth-order valence-electron chi connectivity index (χ4n) is 5.26. The maximum Gasteiger partial charge on any atom is 0.280 e. The first-order valence-corrected chi connectivity index (χ1v) is 16.1. The Morgan fingerprint density at radius 1 is 1.02 bits per heavy atom. The number of sulfonamides is 1.